The van der Waals surface area contributed by atoms with Crippen LogP contribution in [0.4, 0.5) is 0 Å². The fraction of sp³-hybridized carbons (Fsp3) is 0.316. The van der Waals surface area contributed by atoms with E-state index in [9.17, 15) is 0 Å². The van der Waals surface area contributed by atoms with Crippen molar-refractivity contribution in [1.29, 1.82) is 0 Å². The molecule has 8 bridgehead atoms. The maximum absolute atomic E-state index is 16.2. The van der Waals surface area contributed by atoms with Crippen molar-refractivity contribution in [3.63, 3.8) is 0 Å². The number of benzene rings is 6. The summed E-state index contributed by atoms with van der Waals surface area (Å²) in [5.41, 5.74) is 21.4. The number of aromatic nitrogens is 2. The third kappa shape index (κ3) is 8.85. The number of Topliss-reactive ketones (excluding diaryl/α,β-unsaturated/α-hetero) is 1. The van der Waals surface area contributed by atoms with Gasteiger partial charge in [0.05, 0.1) is 23.2 Å². The average Bonchev–Trinajstić information content (AvgIpc) is 1.71. The van der Waals surface area contributed by atoms with Gasteiger partial charge in [-0.15, -0.1) is 22.3 Å². The van der Waals surface area contributed by atoms with Gasteiger partial charge in [-0.3, -0.25) is 14.6 Å². The first-order valence-corrected chi connectivity index (χ1v) is 29.3. The molecule has 0 N–H and O–H groups in total. The summed E-state index contributed by atoms with van der Waals surface area (Å²) in [6.45, 7) is 39.8. The molecule has 0 saturated carbocycles. The Morgan fingerprint density at radius 3 is 1.58 bits per heavy atom. The maximum Gasteiger partial charge on any atom is 2.00 e. The summed E-state index contributed by atoms with van der Waals surface area (Å²) in [6, 6.07) is 32.8. The van der Waals surface area contributed by atoms with Gasteiger partial charge in [0.25, 0.3) is 0 Å². The Bertz CT molecular complexity index is 4650. The van der Waals surface area contributed by atoms with Gasteiger partial charge >= 0.3 is 17.1 Å². The van der Waals surface area contributed by atoms with Crippen LogP contribution in [0.25, 0.3) is 54.4 Å². The summed E-state index contributed by atoms with van der Waals surface area (Å²) in [5, 5.41) is 6.64. The van der Waals surface area contributed by atoms with Crippen LogP contribution in [0.5, 0.6) is 0 Å². The summed E-state index contributed by atoms with van der Waals surface area (Å²) in [5.74, 6) is -0.505. The Kier molecular flexibility index (Phi) is 12.7. The number of carbonyl (C=O) groups excluding carboxylic acids is 1. The number of allylic oxidation sites excluding steroid dienone is 3. The van der Waals surface area contributed by atoms with E-state index in [-0.39, 0.29) is 49.9 Å². The molecule has 4 aliphatic rings. The molecule has 0 saturated heterocycles. The number of aryl methyl sites for hydroxylation is 6. The molecule has 83 heavy (non-hydrogen) atoms. The van der Waals surface area contributed by atoms with Crippen LogP contribution in [0.3, 0.4) is 0 Å². The van der Waals surface area contributed by atoms with Crippen molar-refractivity contribution >= 4 is 71.6 Å². The summed E-state index contributed by atoms with van der Waals surface area (Å²) in [4.78, 5) is 55.8. The fourth-order valence-corrected chi connectivity index (χ4v) is 14.0. The van der Waals surface area contributed by atoms with Crippen LogP contribution >= 0.6 is 0 Å². The molecule has 421 valence electrons. The monoisotopic (exact) mass is 1140 g/mol. The topological polar surface area (TPSA) is 87.1 Å². The van der Waals surface area contributed by atoms with E-state index in [2.05, 4.69) is 228 Å². The predicted molar refractivity (Wildman–Crippen MR) is 343 cm³/mol. The van der Waals surface area contributed by atoms with Crippen molar-refractivity contribution in [2.24, 2.45) is 9.98 Å². The second-order valence-corrected chi connectivity index (χ2v) is 28.6. The van der Waals surface area contributed by atoms with Crippen LogP contribution in [0.2, 0.25) is 0 Å². The van der Waals surface area contributed by atoms with Crippen LogP contribution in [0, 0.1) is 41.5 Å². The second kappa shape index (κ2) is 18.8. The van der Waals surface area contributed by atoms with Gasteiger partial charge in [-0.25, -0.2) is 4.99 Å². The van der Waals surface area contributed by atoms with Crippen molar-refractivity contribution in [1.82, 2.24) is 9.97 Å². The molecule has 0 fully saturated rings. The fourth-order valence-electron chi connectivity index (χ4n) is 14.0. The first-order chi connectivity index (χ1) is 38.4. The first-order valence-electron chi connectivity index (χ1n) is 29.3. The molecular weight excluding hydrogens is 1060 g/mol. The van der Waals surface area contributed by atoms with E-state index in [0.29, 0.717) is 38.5 Å². The van der Waals surface area contributed by atoms with Gasteiger partial charge in [-0.1, -0.05) is 167 Å². The molecule has 0 spiro atoms. The van der Waals surface area contributed by atoms with E-state index in [1.54, 1.807) is 0 Å². The van der Waals surface area contributed by atoms with E-state index < -0.39 is 12.0 Å². The predicted octanol–water partition coefficient (Wildman–Crippen LogP) is 16.4. The van der Waals surface area contributed by atoms with E-state index >= 15 is 9.59 Å². The molecule has 2 atom stereocenters. The molecule has 2 unspecified atom stereocenters. The van der Waals surface area contributed by atoms with Crippen molar-refractivity contribution in [3.05, 3.63) is 231 Å². The van der Waals surface area contributed by atoms with Crippen molar-refractivity contribution in [2.75, 3.05) is 0 Å². The Morgan fingerprint density at radius 1 is 0.494 bits per heavy atom. The van der Waals surface area contributed by atoms with Crippen molar-refractivity contribution < 1.29 is 21.9 Å². The molecule has 2 aromatic heterocycles. The van der Waals surface area contributed by atoms with Crippen LogP contribution in [-0.2, 0) is 38.7 Å². The van der Waals surface area contributed by atoms with Crippen LogP contribution in [0.1, 0.15) is 189 Å². The van der Waals surface area contributed by atoms with E-state index in [1.807, 2.05) is 6.07 Å². The number of hydrogen-bond donors (Lipinski definition) is 0. The van der Waals surface area contributed by atoms with E-state index in [4.69, 9.17) is 20.0 Å². The number of rotatable bonds is 2. The number of carbonyl (C=O) groups is 1. The number of hydrogen-bond acceptors (Lipinski definition) is 4. The zero-order valence-corrected chi connectivity index (χ0v) is 52.4. The van der Waals surface area contributed by atoms with Gasteiger partial charge in [-0.05, 0) is 199 Å². The number of fused-ring (bicyclic) bond motifs is 8. The van der Waals surface area contributed by atoms with Crippen molar-refractivity contribution in [2.45, 2.75) is 158 Å². The Hall–Kier alpha value is -7.44. The number of nitrogens with zero attached hydrogens (tertiary/aromatic N) is 4. The maximum atomic E-state index is 16.2. The van der Waals surface area contributed by atoms with Crippen LogP contribution in [0.15, 0.2) is 135 Å². The molecule has 13 rings (SSSR count). The SMILES string of the molecule is Cc1cc(C)c(/C2=C3\C=CC(=N3)c3c4cc(C(C)(C)C)cc5cc(C(C)(C)C)cc(c(=O)c6c/c([n-]c36)=C(\c3c(C)cc(C)cc3C)C3=NC6C(=C3)C(=O)c3cc(C(C)(C)C)cc7cc(C(C)(C)C)cc(c37)C6c3ccc2[n-]3)c54)c(C)c1.[Cu+2]. The molecule has 0 amide bonds. The molecule has 1 aliphatic carbocycles. The number of aliphatic imine (C=N–C) groups is 2. The standard InChI is InChI=1S/C76H75N4O2.Cu/c1-37-23-39(3)61(40(4)24-37)67-57-21-19-55(77-57)65-49-31-45(73(7,8)9)27-43-29-47(75(13,14)15)33-51(63(43)49)71(81)53-35-59(79-69(53)65)68(62-41(5)25-38(2)26-42(62)6)60-36-54-70(80-60)66(56-20-22-58(67)78-56)50-32-46(74(10,11)12)28-44-30-48(76(16,17)18)34-52(64(44)50)72(54)82;/h19-36,65,69H,1-18H3,(H-,77,78,79,80,81,82);/q-1;+2/p-1. The molecule has 5 heterocycles. The normalized spacial score (nSPS) is 18.6. The third-order valence-corrected chi connectivity index (χ3v) is 18.2. The molecule has 1 radical (unpaired) electrons. The van der Waals surface area contributed by atoms with Gasteiger partial charge in [0, 0.05) is 33.2 Å². The van der Waals surface area contributed by atoms with Gasteiger partial charge in [0.1, 0.15) is 0 Å². The quantitative estimate of drug-likeness (QED) is 0.161. The smallest absolute Gasteiger partial charge is 0.660 e. The van der Waals surface area contributed by atoms with Gasteiger partial charge in [-0.2, -0.15) is 0 Å². The summed E-state index contributed by atoms with van der Waals surface area (Å²) in [7, 11) is 0. The zero-order chi connectivity index (χ0) is 58.3. The van der Waals surface area contributed by atoms with Crippen LogP contribution < -0.4 is 20.7 Å². The molecule has 6 nitrogen and oxygen atoms in total. The molecule has 7 aromatic carbocycles. The van der Waals surface area contributed by atoms with Crippen molar-refractivity contribution in [3.8, 4) is 0 Å². The largest absolute Gasteiger partial charge is 2.00 e. The molecule has 9 aromatic rings. The second-order valence-electron chi connectivity index (χ2n) is 28.6. The molecular formula is C76H74CuN4O2. The summed E-state index contributed by atoms with van der Waals surface area (Å²) < 4.78 is 0. The summed E-state index contributed by atoms with van der Waals surface area (Å²) in [6.07, 6.45) is 6.34. The third-order valence-electron chi connectivity index (χ3n) is 18.2. The average molecular weight is 1140 g/mol. The van der Waals surface area contributed by atoms with Gasteiger partial charge in [0.2, 0.25) is 0 Å². The van der Waals surface area contributed by atoms with Crippen LogP contribution in [-0.4, -0.2) is 23.2 Å². The number of ketones is 1. The van der Waals surface area contributed by atoms with E-state index in [1.165, 1.54) is 11.1 Å². The minimum atomic E-state index is -0.661. The summed E-state index contributed by atoms with van der Waals surface area (Å²) >= 11 is 0. The molecule has 3 aliphatic heterocycles. The Labute approximate surface area is 499 Å². The minimum absolute atomic E-state index is 0. The van der Waals surface area contributed by atoms with Gasteiger partial charge < -0.3 is 9.97 Å². The zero-order valence-electron chi connectivity index (χ0n) is 51.5. The first kappa shape index (κ1) is 56.1. The van der Waals surface area contributed by atoms with E-state index in [0.717, 1.165) is 128 Å². The van der Waals surface area contributed by atoms with Gasteiger partial charge in [0.15, 0.2) is 11.2 Å². The Morgan fingerprint density at radius 2 is 1.01 bits per heavy atom. The Balaban J connectivity index is 0.00000680. The molecule has 7 heteroatoms. The minimum Gasteiger partial charge on any atom is -0.660 e.